The van der Waals surface area contributed by atoms with Crippen molar-refractivity contribution in [2.75, 3.05) is 0 Å². The average molecular weight is 281 g/mol. The smallest absolute Gasteiger partial charge is 0.260 e. The maximum atomic E-state index is 13.7. The summed E-state index contributed by atoms with van der Waals surface area (Å²) >= 11 is 0. The molecule has 0 radical (unpaired) electrons. The van der Waals surface area contributed by atoms with E-state index in [-0.39, 0.29) is 24.3 Å². The second-order valence-electron chi connectivity index (χ2n) is 5.17. The Morgan fingerprint density at radius 2 is 2.20 bits per heavy atom. The van der Waals surface area contributed by atoms with Gasteiger partial charge < -0.3 is 15.2 Å². The highest BCUT2D eigenvalue weighted by molar-refractivity contribution is 5.81. The number of benzene rings is 1. The van der Waals surface area contributed by atoms with Gasteiger partial charge in [0.05, 0.1) is 6.61 Å². The van der Waals surface area contributed by atoms with E-state index in [9.17, 15) is 9.18 Å². The van der Waals surface area contributed by atoms with Gasteiger partial charge in [-0.25, -0.2) is 4.39 Å². The van der Waals surface area contributed by atoms with Crippen molar-refractivity contribution >= 4 is 5.91 Å². The first kappa shape index (κ1) is 14.8. The highest BCUT2D eigenvalue weighted by Gasteiger charge is 2.22. The number of hydrogen-bond acceptors (Lipinski definition) is 3. The Morgan fingerprint density at radius 1 is 1.50 bits per heavy atom. The van der Waals surface area contributed by atoms with Crippen LogP contribution in [0.1, 0.15) is 38.2 Å². The predicted octanol–water partition coefficient (Wildman–Crippen LogP) is 2.14. The van der Waals surface area contributed by atoms with Gasteiger partial charge in [0, 0.05) is 6.04 Å². The number of aliphatic hydroxyl groups excluding tert-OH is 1. The van der Waals surface area contributed by atoms with Crippen LogP contribution in [0.3, 0.4) is 0 Å². The first-order valence-electron chi connectivity index (χ1n) is 6.96. The van der Waals surface area contributed by atoms with Crippen molar-refractivity contribution < 1.29 is 19.0 Å². The SMILES string of the molecule is CC(Oc1ccc(CO)cc1F)C(=O)NC1CCCC1. The summed E-state index contributed by atoms with van der Waals surface area (Å²) in [5.74, 6) is -0.768. The molecule has 1 fully saturated rings. The van der Waals surface area contributed by atoms with E-state index in [1.165, 1.54) is 12.1 Å². The lowest BCUT2D eigenvalue weighted by molar-refractivity contribution is -0.128. The van der Waals surface area contributed by atoms with Crippen LogP contribution in [-0.4, -0.2) is 23.2 Å². The molecule has 1 aliphatic carbocycles. The van der Waals surface area contributed by atoms with Gasteiger partial charge in [-0.3, -0.25) is 4.79 Å². The molecule has 4 nitrogen and oxygen atoms in total. The number of hydrogen-bond donors (Lipinski definition) is 2. The zero-order chi connectivity index (χ0) is 14.5. The molecule has 1 unspecified atom stereocenters. The summed E-state index contributed by atoms with van der Waals surface area (Å²) in [7, 11) is 0. The molecule has 1 amide bonds. The van der Waals surface area contributed by atoms with Crippen molar-refractivity contribution in [3.8, 4) is 5.75 Å². The summed E-state index contributed by atoms with van der Waals surface area (Å²) in [6.45, 7) is 1.37. The molecule has 1 aromatic carbocycles. The van der Waals surface area contributed by atoms with Crippen molar-refractivity contribution in [2.24, 2.45) is 0 Å². The maximum Gasteiger partial charge on any atom is 0.260 e. The number of carbonyl (C=O) groups excluding carboxylic acids is 1. The molecule has 1 saturated carbocycles. The predicted molar refractivity (Wildman–Crippen MR) is 72.8 cm³/mol. The molecule has 20 heavy (non-hydrogen) atoms. The highest BCUT2D eigenvalue weighted by atomic mass is 19.1. The molecule has 0 saturated heterocycles. The molecule has 1 aliphatic rings. The molecule has 0 heterocycles. The van der Waals surface area contributed by atoms with Gasteiger partial charge in [0.2, 0.25) is 0 Å². The van der Waals surface area contributed by atoms with E-state index in [2.05, 4.69) is 5.32 Å². The van der Waals surface area contributed by atoms with Crippen molar-refractivity contribution in [3.05, 3.63) is 29.6 Å². The van der Waals surface area contributed by atoms with E-state index in [1.807, 2.05) is 0 Å². The number of halogens is 1. The van der Waals surface area contributed by atoms with Gasteiger partial charge in [-0.1, -0.05) is 18.9 Å². The average Bonchev–Trinajstić information content (AvgIpc) is 2.93. The number of rotatable bonds is 5. The third-order valence-electron chi connectivity index (χ3n) is 3.55. The normalized spacial score (nSPS) is 16.9. The highest BCUT2D eigenvalue weighted by Crippen LogP contribution is 2.21. The molecule has 1 aromatic rings. The zero-order valence-electron chi connectivity index (χ0n) is 11.6. The van der Waals surface area contributed by atoms with Crippen molar-refractivity contribution in [2.45, 2.75) is 51.4 Å². The number of ether oxygens (including phenoxy) is 1. The molecule has 2 rings (SSSR count). The number of nitrogens with one attached hydrogen (secondary N) is 1. The van der Waals surface area contributed by atoms with E-state index in [0.29, 0.717) is 5.56 Å². The summed E-state index contributed by atoms with van der Waals surface area (Å²) in [5, 5.41) is 11.8. The standard InChI is InChI=1S/C15H20FNO3/c1-10(15(19)17-12-4-2-3-5-12)20-14-7-6-11(9-18)8-13(14)16/h6-8,10,12,18H,2-5,9H2,1H3,(H,17,19). The van der Waals surface area contributed by atoms with Crippen LogP contribution in [0, 0.1) is 5.82 Å². The number of amides is 1. The third kappa shape index (κ3) is 3.70. The van der Waals surface area contributed by atoms with Crippen molar-refractivity contribution in [1.29, 1.82) is 0 Å². The van der Waals surface area contributed by atoms with Gasteiger partial charge in [-0.15, -0.1) is 0 Å². The minimum atomic E-state index is -0.745. The van der Waals surface area contributed by atoms with Crippen LogP contribution in [0.4, 0.5) is 4.39 Å². The minimum Gasteiger partial charge on any atom is -0.478 e. The second kappa shape index (κ2) is 6.70. The Balaban J connectivity index is 1.92. The van der Waals surface area contributed by atoms with E-state index < -0.39 is 11.9 Å². The van der Waals surface area contributed by atoms with E-state index >= 15 is 0 Å². The molecule has 0 spiro atoms. The van der Waals surface area contributed by atoms with Gasteiger partial charge >= 0.3 is 0 Å². The number of aliphatic hydroxyl groups is 1. The van der Waals surface area contributed by atoms with Gasteiger partial charge in [-0.05, 0) is 37.5 Å². The molecular formula is C15H20FNO3. The minimum absolute atomic E-state index is 0.0243. The molecule has 110 valence electrons. The molecule has 2 N–H and O–H groups in total. The summed E-state index contributed by atoms with van der Waals surface area (Å²) in [6, 6.07) is 4.42. The zero-order valence-corrected chi connectivity index (χ0v) is 11.6. The van der Waals surface area contributed by atoms with Crippen LogP contribution in [0.25, 0.3) is 0 Å². The Hall–Kier alpha value is -1.62. The first-order valence-corrected chi connectivity index (χ1v) is 6.96. The van der Waals surface area contributed by atoms with E-state index in [0.717, 1.165) is 25.7 Å². The lowest BCUT2D eigenvalue weighted by Gasteiger charge is -2.18. The molecular weight excluding hydrogens is 261 g/mol. The van der Waals surface area contributed by atoms with Crippen LogP contribution < -0.4 is 10.1 Å². The fraction of sp³-hybridized carbons (Fsp3) is 0.533. The van der Waals surface area contributed by atoms with Crippen LogP contribution in [0.2, 0.25) is 0 Å². The fourth-order valence-corrected chi connectivity index (χ4v) is 2.37. The molecule has 5 heteroatoms. The van der Waals surface area contributed by atoms with Crippen LogP contribution in [0.15, 0.2) is 18.2 Å². The summed E-state index contributed by atoms with van der Waals surface area (Å²) < 4.78 is 19.0. The van der Waals surface area contributed by atoms with Crippen molar-refractivity contribution in [1.82, 2.24) is 5.32 Å². The molecule has 0 aromatic heterocycles. The first-order chi connectivity index (χ1) is 9.60. The second-order valence-corrected chi connectivity index (χ2v) is 5.17. The third-order valence-corrected chi connectivity index (χ3v) is 3.55. The van der Waals surface area contributed by atoms with E-state index in [1.54, 1.807) is 13.0 Å². The van der Waals surface area contributed by atoms with Crippen molar-refractivity contribution in [3.63, 3.8) is 0 Å². The lowest BCUT2D eigenvalue weighted by atomic mass is 10.2. The van der Waals surface area contributed by atoms with E-state index in [4.69, 9.17) is 9.84 Å². The summed E-state index contributed by atoms with van der Waals surface area (Å²) in [5.41, 5.74) is 0.470. The van der Waals surface area contributed by atoms with Crippen LogP contribution >= 0.6 is 0 Å². The Bertz CT molecular complexity index is 472. The summed E-state index contributed by atoms with van der Waals surface area (Å²) in [4.78, 5) is 11.9. The molecule has 0 aliphatic heterocycles. The Morgan fingerprint density at radius 3 is 2.80 bits per heavy atom. The monoisotopic (exact) mass is 281 g/mol. The van der Waals surface area contributed by atoms with Gasteiger partial charge in [0.15, 0.2) is 17.7 Å². The molecule has 0 bridgehead atoms. The van der Waals surface area contributed by atoms with Gasteiger partial charge in [0.25, 0.3) is 5.91 Å². The lowest BCUT2D eigenvalue weighted by Crippen LogP contribution is -2.41. The summed E-state index contributed by atoms with van der Waals surface area (Å²) in [6.07, 6.45) is 3.52. The topological polar surface area (TPSA) is 58.6 Å². The maximum absolute atomic E-state index is 13.7. The number of carbonyl (C=O) groups is 1. The fourth-order valence-electron chi connectivity index (χ4n) is 2.37. The Labute approximate surface area is 117 Å². The largest absolute Gasteiger partial charge is 0.478 e. The van der Waals surface area contributed by atoms with Gasteiger partial charge in [-0.2, -0.15) is 0 Å². The van der Waals surface area contributed by atoms with Crippen LogP contribution in [-0.2, 0) is 11.4 Å². The van der Waals surface area contributed by atoms with Crippen LogP contribution in [0.5, 0.6) is 5.75 Å². The van der Waals surface area contributed by atoms with Gasteiger partial charge in [0.1, 0.15) is 0 Å². The Kier molecular flexibility index (Phi) is 4.95. The quantitative estimate of drug-likeness (QED) is 0.869. The molecule has 1 atom stereocenters.